The maximum Gasteiger partial charge on any atom is 0.243 e. The number of piperidine rings is 1. The van der Waals surface area contributed by atoms with Crippen LogP contribution in [0.5, 0.6) is 5.75 Å². The maximum atomic E-state index is 12.7. The van der Waals surface area contributed by atoms with E-state index < -0.39 is 10.0 Å². The number of aryl methyl sites for hydroxylation is 1. The summed E-state index contributed by atoms with van der Waals surface area (Å²) in [4.78, 5) is 0.364. The van der Waals surface area contributed by atoms with Crippen LogP contribution in [0.3, 0.4) is 0 Å². The lowest BCUT2D eigenvalue weighted by Gasteiger charge is -2.30. The quantitative estimate of drug-likeness (QED) is 0.802. The van der Waals surface area contributed by atoms with Crippen LogP contribution < -0.4 is 4.74 Å². The number of alkyl halides is 1. The minimum Gasteiger partial charge on any atom is -0.497 e. The predicted molar refractivity (Wildman–Crippen MR) is 79.9 cm³/mol. The number of hydrogen-bond acceptors (Lipinski definition) is 3. The lowest BCUT2D eigenvalue weighted by molar-refractivity contribution is 0.290. The van der Waals surface area contributed by atoms with Crippen molar-refractivity contribution in [3.63, 3.8) is 0 Å². The van der Waals surface area contributed by atoms with Crippen LogP contribution >= 0.6 is 11.6 Å². The largest absolute Gasteiger partial charge is 0.497 e. The van der Waals surface area contributed by atoms with Crippen LogP contribution in [-0.2, 0) is 10.0 Å². The van der Waals surface area contributed by atoms with E-state index >= 15 is 0 Å². The molecule has 1 aliphatic heterocycles. The van der Waals surface area contributed by atoms with E-state index in [2.05, 4.69) is 0 Å². The molecule has 0 radical (unpaired) electrons. The van der Waals surface area contributed by atoms with Gasteiger partial charge in [0.1, 0.15) is 5.75 Å². The van der Waals surface area contributed by atoms with Gasteiger partial charge in [0.15, 0.2) is 0 Å². The van der Waals surface area contributed by atoms with Crippen molar-refractivity contribution in [2.75, 3.05) is 26.1 Å². The highest BCUT2D eigenvalue weighted by Gasteiger charge is 2.30. The van der Waals surface area contributed by atoms with Crippen LogP contribution in [0.2, 0.25) is 0 Å². The van der Waals surface area contributed by atoms with Crippen molar-refractivity contribution >= 4 is 21.6 Å². The van der Waals surface area contributed by atoms with Crippen LogP contribution in [0.25, 0.3) is 0 Å². The second-order valence-electron chi connectivity index (χ2n) is 5.13. The summed E-state index contributed by atoms with van der Waals surface area (Å²) in [7, 11) is -1.85. The molecule has 1 saturated heterocycles. The van der Waals surface area contributed by atoms with Crippen molar-refractivity contribution in [3.8, 4) is 5.75 Å². The molecule has 0 bridgehead atoms. The molecule has 2 rings (SSSR count). The van der Waals surface area contributed by atoms with Gasteiger partial charge in [0.25, 0.3) is 0 Å². The summed E-state index contributed by atoms with van der Waals surface area (Å²) in [5.41, 5.74) is 0.712. The molecule has 0 amide bonds. The molecule has 0 aromatic heterocycles. The molecule has 1 aliphatic rings. The standard InChI is InChI=1S/C14H20ClNO3S/c1-11-9-13(19-2)3-4-14(11)20(17,18)16-7-5-12(10-15)6-8-16/h3-4,9,12H,5-8,10H2,1-2H3. The highest BCUT2D eigenvalue weighted by Crippen LogP contribution is 2.27. The number of rotatable bonds is 4. The first-order valence-corrected chi connectivity index (χ1v) is 8.67. The Morgan fingerprint density at radius 2 is 2.00 bits per heavy atom. The molecule has 0 spiro atoms. The molecule has 6 heteroatoms. The molecule has 1 fully saturated rings. The monoisotopic (exact) mass is 317 g/mol. The zero-order chi connectivity index (χ0) is 14.8. The van der Waals surface area contributed by atoms with Crippen LogP contribution in [0.15, 0.2) is 23.1 Å². The zero-order valence-electron chi connectivity index (χ0n) is 11.8. The Kier molecular flexibility index (Phi) is 4.94. The summed E-state index contributed by atoms with van der Waals surface area (Å²) in [6.07, 6.45) is 1.66. The fraction of sp³-hybridized carbons (Fsp3) is 0.571. The van der Waals surface area contributed by atoms with Crippen molar-refractivity contribution < 1.29 is 13.2 Å². The van der Waals surface area contributed by atoms with Crippen molar-refractivity contribution in [1.29, 1.82) is 0 Å². The van der Waals surface area contributed by atoms with E-state index in [4.69, 9.17) is 16.3 Å². The lowest BCUT2D eigenvalue weighted by atomic mass is 10.0. The van der Waals surface area contributed by atoms with E-state index in [1.165, 1.54) is 0 Å². The number of ether oxygens (including phenoxy) is 1. The van der Waals surface area contributed by atoms with E-state index in [0.29, 0.717) is 41.1 Å². The Hall–Kier alpha value is -0.780. The van der Waals surface area contributed by atoms with E-state index in [9.17, 15) is 8.42 Å². The molecular weight excluding hydrogens is 298 g/mol. The Morgan fingerprint density at radius 3 is 2.50 bits per heavy atom. The van der Waals surface area contributed by atoms with E-state index in [1.807, 2.05) is 0 Å². The van der Waals surface area contributed by atoms with Gasteiger partial charge in [-0.3, -0.25) is 0 Å². The third kappa shape index (κ3) is 3.10. The molecule has 1 aromatic rings. The van der Waals surface area contributed by atoms with Gasteiger partial charge >= 0.3 is 0 Å². The number of hydrogen-bond donors (Lipinski definition) is 0. The van der Waals surface area contributed by atoms with Gasteiger partial charge in [-0.2, -0.15) is 4.31 Å². The normalized spacial score (nSPS) is 18.1. The average Bonchev–Trinajstić information content (AvgIpc) is 2.46. The summed E-state index contributed by atoms with van der Waals surface area (Å²) in [6, 6.07) is 5.06. The number of sulfonamides is 1. The molecule has 0 aliphatic carbocycles. The molecule has 1 aromatic carbocycles. The van der Waals surface area contributed by atoms with Gasteiger partial charge in [-0.05, 0) is 49.4 Å². The minimum atomic E-state index is -3.41. The SMILES string of the molecule is COc1ccc(S(=O)(=O)N2CCC(CCl)CC2)c(C)c1. The molecule has 112 valence electrons. The van der Waals surface area contributed by atoms with Gasteiger partial charge in [0.2, 0.25) is 10.0 Å². The molecule has 0 atom stereocenters. The van der Waals surface area contributed by atoms with Crippen molar-refractivity contribution in [1.82, 2.24) is 4.31 Å². The van der Waals surface area contributed by atoms with Crippen molar-refractivity contribution in [2.45, 2.75) is 24.7 Å². The third-order valence-corrected chi connectivity index (χ3v) is 6.29. The molecule has 20 heavy (non-hydrogen) atoms. The Balaban J connectivity index is 2.23. The third-order valence-electron chi connectivity index (χ3n) is 3.79. The smallest absolute Gasteiger partial charge is 0.243 e. The molecular formula is C14H20ClNO3S. The Bertz CT molecular complexity index is 566. The minimum absolute atomic E-state index is 0.364. The van der Waals surface area contributed by atoms with Gasteiger partial charge < -0.3 is 4.74 Å². The van der Waals surface area contributed by atoms with Gasteiger partial charge in [-0.15, -0.1) is 11.6 Å². The van der Waals surface area contributed by atoms with Gasteiger partial charge in [0, 0.05) is 19.0 Å². The molecule has 0 saturated carbocycles. The van der Waals surface area contributed by atoms with Gasteiger partial charge in [0.05, 0.1) is 12.0 Å². The second-order valence-corrected chi connectivity index (χ2v) is 7.35. The fourth-order valence-electron chi connectivity index (χ4n) is 2.48. The van der Waals surface area contributed by atoms with Gasteiger partial charge in [-0.1, -0.05) is 0 Å². The molecule has 0 N–H and O–H groups in total. The maximum absolute atomic E-state index is 12.7. The predicted octanol–water partition coefficient (Wildman–Crippen LogP) is 2.64. The van der Waals surface area contributed by atoms with E-state index in [0.717, 1.165) is 12.8 Å². The lowest BCUT2D eigenvalue weighted by Crippen LogP contribution is -2.39. The Morgan fingerprint density at radius 1 is 1.35 bits per heavy atom. The highest BCUT2D eigenvalue weighted by atomic mass is 35.5. The van der Waals surface area contributed by atoms with Crippen LogP contribution in [-0.4, -0.2) is 38.8 Å². The zero-order valence-corrected chi connectivity index (χ0v) is 13.4. The highest BCUT2D eigenvalue weighted by molar-refractivity contribution is 7.89. The second kappa shape index (κ2) is 6.33. The summed E-state index contributed by atoms with van der Waals surface area (Å²) >= 11 is 5.84. The van der Waals surface area contributed by atoms with Crippen LogP contribution in [0, 0.1) is 12.8 Å². The Labute approximate surface area is 125 Å². The number of halogens is 1. The first kappa shape index (κ1) is 15.6. The van der Waals surface area contributed by atoms with E-state index in [-0.39, 0.29) is 0 Å². The molecule has 4 nitrogen and oxygen atoms in total. The number of nitrogens with zero attached hydrogens (tertiary/aromatic N) is 1. The van der Waals surface area contributed by atoms with Gasteiger partial charge in [-0.25, -0.2) is 8.42 Å². The summed E-state index contributed by atoms with van der Waals surface area (Å²) in [6.45, 7) is 2.89. The number of benzene rings is 1. The first-order chi connectivity index (χ1) is 9.48. The van der Waals surface area contributed by atoms with Crippen molar-refractivity contribution in [2.24, 2.45) is 5.92 Å². The summed E-state index contributed by atoms with van der Waals surface area (Å²) in [5.74, 6) is 1.71. The molecule has 1 heterocycles. The first-order valence-electron chi connectivity index (χ1n) is 6.69. The van der Waals surface area contributed by atoms with E-state index in [1.54, 1.807) is 36.5 Å². The van der Waals surface area contributed by atoms with Crippen LogP contribution in [0.4, 0.5) is 0 Å². The van der Waals surface area contributed by atoms with Crippen molar-refractivity contribution in [3.05, 3.63) is 23.8 Å². The molecule has 0 unspecified atom stereocenters. The number of methoxy groups -OCH3 is 1. The fourth-order valence-corrected chi connectivity index (χ4v) is 4.47. The summed E-state index contributed by atoms with van der Waals surface area (Å²) in [5, 5.41) is 0. The summed E-state index contributed by atoms with van der Waals surface area (Å²) < 4.78 is 32.0. The average molecular weight is 318 g/mol. The topological polar surface area (TPSA) is 46.6 Å². The van der Waals surface area contributed by atoms with Crippen LogP contribution in [0.1, 0.15) is 18.4 Å².